The predicted molar refractivity (Wildman–Crippen MR) is 95.3 cm³/mol. The molecule has 0 aliphatic carbocycles. The second-order valence-electron chi connectivity index (χ2n) is 5.30. The van der Waals surface area contributed by atoms with Gasteiger partial charge in [0.05, 0.1) is 5.56 Å². The van der Waals surface area contributed by atoms with Gasteiger partial charge in [-0.1, -0.05) is 49.1 Å². The zero-order chi connectivity index (χ0) is 18.0. The summed E-state index contributed by atoms with van der Waals surface area (Å²) in [5, 5.41) is 0.686. The van der Waals surface area contributed by atoms with E-state index in [1.807, 2.05) is 0 Å². The van der Waals surface area contributed by atoms with Crippen molar-refractivity contribution < 1.29 is 22.5 Å². The molecular formula is C19H14O5S. The smallest absolute Gasteiger partial charge is 0.343 e. The maximum atomic E-state index is 12.3. The lowest BCUT2D eigenvalue weighted by atomic mass is 10.1. The first-order valence-corrected chi connectivity index (χ1v) is 8.78. The minimum Gasteiger partial charge on any atom is -0.422 e. The van der Waals surface area contributed by atoms with E-state index in [1.165, 1.54) is 18.2 Å². The summed E-state index contributed by atoms with van der Waals surface area (Å²) in [6.45, 7) is 3.65. The molecule has 3 aromatic carbocycles. The number of rotatable bonds is 4. The number of carbonyl (C=O) groups is 1. The zero-order valence-electron chi connectivity index (χ0n) is 13.0. The molecule has 1 N–H and O–H groups in total. The van der Waals surface area contributed by atoms with E-state index in [0.717, 1.165) is 5.56 Å². The Bertz CT molecular complexity index is 1070. The number of hydrogen-bond acceptors (Lipinski definition) is 4. The second kappa shape index (κ2) is 6.51. The summed E-state index contributed by atoms with van der Waals surface area (Å²) in [7, 11) is -4.38. The Hall–Kier alpha value is -2.96. The highest BCUT2D eigenvalue weighted by atomic mass is 32.2. The van der Waals surface area contributed by atoms with Gasteiger partial charge in [0.25, 0.3) is 10.1 Å². The van der Waals surface area contributed by atoms with E-state index in [9.17, 15) is 17.8 Å². The Morgan fingerprint density at radius 1 is 0.960 bits per heavy atom. The summed E-state index contributed by atoms with van der Waals surface area (Å²) in [6, 6.07) is 15.8. The average Bonchev–Trinajstić information content (AvgIpc) is 2.61. The molecule has 0 saturated carbocycles. The highest BCUT2D eigenvalue weighted by molar-refractivity contribution is 7.86. The Morgan fingerprint density at radius 2 is 1.60 bits per heavy atom. The lowest BCUT2D eigenvalue weighted by Crippen LogP contribution is -2.09. The molecule has 0 spiro atoms. The molecule has 126 valence electrons. The summed E-state index contributed by atoms with van der Waals surface area (Å²) in [5.74, 6) is -0.360. The van der Waals surface area contributed by atoms with Crippen molar-refractivity contribution in [3.8, 4) is 5.75 Å². The lowest BCUT2D eigenvalue weighted by molar-refractivity contribution is 0.0737. The SMILES string of the molecule is C=Cc1ccc(C(=O)Oc2ccc(S(=O)(=O)O)c3ccccc23)cc1. The third-order valence-corrected chi connectivity index (χ3v) is 4.62. The fourth-order valence-corrected chi connectivity index (χ4v) is 3.17. The number of carbonyl (C=O) groups excluding carboxylic acids is 1. The van der Waals surface area contributed by atoms with Crippen LogP contribution in [0.15, 0.2) is 72.1 Å². The first-order chi connectivity index (χ1) is 11.9. The van der Waals surface area contributed by atoms with Crippen molar-refractivity contribution >= 4 is 32.9 Å². The average molecular weight is 354 g/mol. The fourth-order valence-electron chi connectivity index (χ4n) is 2.47. The van der Waals surface area contributed by atoms with Crippen LogP contribution in [0.3, 0.4) is 0 Å². The molecule has 5 nitrogen and oxygen atoms in total. The Balaban J connectivity index is 2.02. The van der Waals surface area contributed by atoms with Crippen molar-refractivity contribution in [2.24, 2.45) is 0 Å². The molecule has 3 aromatic rings. The van der Waals surface area contributed by atoms with Gasteiger partial charge in [-0.25, -0.2) is 4.79 Å². The van der Waals surface area contributed by atoms with Gasteiger partial charge in [-0.05, 0) is 29.8 Å². The molecule has 0 unspecified atom stereocenters. The van der Waals surface area contributed by atoms with Crippen LogP contribution in [0.25, 0.3) is 16.8 Å². The second-order valence-corrected chi connectivity index (χ2v) is 6.69. The molecule has 0 amide bonds. The van der Waals surface area contributed by atoms with Crippen molar-refractivity contribution in [1.29, 1.82) is 0 Å². The van der Waals surface area contributed by atoms with Gasteiger partial charge in [0, 0.05) is 10.8 Å². The van der Waals surface area contributed by atoms with Crippen LogP contribution in [0.4, 0.5) is 0 Å². The van der Waals surface area contributed by atoms with Gasteiger partial charge in [0.1, 0.15) is 10.6 Å². The number of hydrogen-bond donors (Lipinski definition) is 1. The molecular weight excluding hydrogens is 340 g/mol. The molecule has 0 aliphatic rings. The Morgan fingerprint density at radius 3 is 2.20 bits per heavy atom. The number of fused-ring (bicyclic) bond motifs is 1. The maximum absolute atomic E-state index is 12.3. The summed E-state index contributed by atoms with van der Waals surface area (Å²) in [5.41, 5.74) is 1.23. The van der Waals surface area contributed by atoms with Crippen LogP contribution in [0.1, 0.15) is 15.9 Å². The zero-order valence-corrected chi connectivity index (χ0v) is 13.9. The van der Waals surface area contributed by atoms with Gasteiger partial charge in [-0.15, -0.1) is 0 Å². The molecule has 0 radical (unpaired) electrons. The van der Waals surface area contributed by atoms with Gasteiger partial charge in [-0.3, -0.25) is 4.55 Å². The fraction of sp³-hybridized carbons (Fsp3) is 0. The Kier molecular flexibility index (Phi) is 4.39. The minimum absolute atomic E-state index is 0.209. The van der Waals surface area contributed by atoms with Crippen molar-refractivity contribution in [2.45, 2.75) is 4.90 Å². The molecule has 25 heavy (non-hydrogen) atoms. The predicted octanol–water partition coefficient (Wildman–Crippen LogP) is 3.95. The third-order valence-electron chi connectivity index (χ3n) is 3.71. The van der Waals surface area contributed by atoms with E-state index in [4.69, 9.17) is 4.74 Å². The first-order valence-electron chi connectivity index (χ1n) is 7.34. The highest BCUT2D eigenvalue weighted by Crippen LogP contribution is 2.31. The molecule has 0 aliphatic heterocycles. The molecule has 0 heterocycles. The van der Waals surface area contributed by atoms with Crippen LogP contribution in [-0.2, 0) is 10.1 Å². The third kappa shape index (κ3) is 3.45. The van der Waals surface area contributed by atoms with Gasteiger partial charge in [0.2, 0.25) is 0 Å². The minimum atomic E-state index is -4.38. The van der Waals surface area contributed by atoms with Crippen molar-refractivity contribution in [3.63, 3.8) is 0 Å². The Labute approximate surface area is 144 Å². The van der Waals surface area contributed by atoms with E-state index >= 15 is 0 Å². The van der Waals surface area contributed by atoms with E-state index < -0.39 is 16.1 Å². The molecule has 3 rings (SSSR count). The van der Waals surface area contributed by atoms with Crippen LogP contribution in [0.5, 0.6) is 5.75 Å². The molecule has 6 heteroatoms. The van der Waals surface area contributed by atoms with Crippen LogP contribution >= 0.6 is 0 Å². The van der Waals surface area contributed by atoms with Crippen molar-refractivity contribution in [2.75, 3.05) is 0 Å². The summed E-state index contributed by atoms with van der Waals surface area (Å²) >= 11 is 0. The number of ether oxygens (including phenoxy) is 1. The molecule has 0 aromatic heterocycles. The van der Waals surface area contributed by atoms with Crippen LogP contribution in [-0.4, -0.2) is 18.9 Å². The van der Waals surface area contributed by atoms with E-state index in [1.54, 1.807) is 48.5 Å². The standard InChI is InChI=1S/C19H14O5S/c1-2-13-7-9-14(10-8-13)19(20)24-17-11-12-18(25(21,22)23)16-6-4-3-5-15(16)17/h2-12H,1H2,(H,21,22,23). The lowest BCUT2D eigenvalue weighted by Gasteiger charge is -2.10. The van der Waals surface area contributed by atoms with E-state index in [2.05, 4.69) is 6.58 Å². The van der Waals surface area contributed by atoms with Crippen LogP contribution < -0.4 is 4.74 Å². The summed E-state index contributed by atoms with van der Waals surface area (Å²) in [4.78, 5) is 12.1. The van der Waals surface area contributed by atoms with Crippen molar-refractivity contribution in [1.82, 2.24) is 0 Å². The summed E-state index contributed by atoms with van der Waals surface area (Å²) < 4.78 is 37.8. The van der Waals surface area contributed by atoms with Crippen molar-refractivity contribution in [3.05, 3.63) is 78.4 Å². The van der Waals surface area contributed by atoms with Gasteiger partial charge in [0.15, 0.2) is 0 Å². The van der Waals surface area contributed by atoms with E-state index in [-0.39, 0.29) is 16.0 Å². The normalized spacial score (nSPS) is 11.2. The first kappa shape index (κ1) is 16.9. The highest BCUT2D eigenvalue weighted by Gasteiger charge is 2.18. The molecule has 0 atom stereocenters. The van der Waals surface area contributed by atoms with Gasteiger partial charge in [-0.2, -0.15) is 8.42 Å². The molecule has 0 fully saturated rings. The van der Waals surface area contributed by atoms with E-state index in [0.29, 0.717) is 10.9 Å². The number of esters is 1. The quantitative estimate of drug-likeness (QED) is 0.436. The van der Waals surface area contributed by atoms with Gasteiger partial charge >= 0.3 is 5.97 Å². The summed E-state index contributed by atoms with van der Waals surface area (Å²) in [6.07, 6.45) is 1.66. The molecule has 0 bridgehead atoms. The number of benzene rings is 3. The van der Waals surface area contributed by atoms with Crippen LogP contribution in [0.2, 0.25) is 0 Å². The monoisotopic (exact) mass is 354 g/mol. The maximum Gasteiger partial charge on any atom is 0.343 e. The van der Waals surface area contributed by atoms with Gasteiger partial charge < -0.3 is 4.74 Å². The molecule has 0 saturated heterocycles. The largest absolute Gasteiger partial charge is 0.422 e. The van der Waals surface area contributed by atoms with Crippen LogP contribution in [0, 0.1) is 0 Å². The topological polar surface area (TPSA) is 80.7 Å².